The molecule has 1 rings (SSSR count). The van der Waals surface area contributed by atoms with E-state index in [1.54, 1.807) is 0 Å². The quantitative estimate of drug-likeness (QED) is 0.792. The van der Waals surface area contributed by atoms with Crippen LogP contribution >= 0.6 is 0 Å². The summed E-state index contributed by atoms with van der Waals surface area (Å²) < 4.78 is 0. The van der Waals surface area contributed by atoms with Crippen molar-refractivity contribution in [2.24, 2.45) is 5.92 Å². The van der Waals surface area contributed by atoms with E-state index in [9.17, 15) is 9.90 Å². The molecule has 0 unspecified atom stereocenters. The van der Waals surface area contributed by atoms with Crippen molar-refractivity contribution in [3.05, 3.63) is 0 Å². The van der Waals surface area contributed by atoms with Crippen molar-refractivity contribution in [3.63, 3.8) is 0 Å². The first kappa shape index (κ1) is 15.5. The van der Waals surface area contributed by atoms with Gasteiger partial charge in [0.25, 0.3) is 0 Å². The van der Waals surface area contributed by atoms with E-state index in [2.05, 4.69) is 20.8 Å². The molecule has 0 radical (unpaired) electrons. The summed E-state index contributed by atoms with van der Waals surface area (Å²) in [5.41, 5.74) is -0.774. The predicted molar refractivity (Wildman–Crippen MR) is 74.4 cm³/mol. The predicted octanol–water partition coefficient (Wildman–Crippen LogP) is 2.97. The number of rotatable bonds is 6. The van der Waals surface area contributed by atoms with Crippen LogP contribution in [-0.2, 0) is 4.79 Å². The molecule has 1 saturated heterocycles. The summed E-state index contributed by atoms with van der Waals surface area (Å²) in [5.74, 6) is 0.880. The molecule has 1 aliphatic heterocycles. The van der Waals surface area contributed by atoms with Gasteiger partial charge in [0.15, 0.2) is 0 Å². The summed E-state index contributed by atoms with van der Waals surface area (Å²) in [5, 5.41) is 10.5. The Balaban J connectivity index is 2.50. The first-order chi connectivity index (χ1) is 8.50. The number of aliphatic hydroxyl groups is 1. The van der Waals surface area contributed by atoms with E-state index in [1.165, 1.54) is 0 Å². The van der Waals surface area contributed by atoms with Gasteiger partial charge in [0.05, 0.1) is 12.0 Å². The number of piperidine rings is 1. The van der Waals surface area contributed by atoms with E-state index < -0.39 is 5.60 Å². The third-order valence-electron chi connectivity index (χ3n) is 4.05. The molecule has 0 aromatic rings. The number of carbonyl (C=O) groups is 1. The fraction of sp³-hybridized carbons (Fsp3) is 0.933. The molecule has 0 atom stereocenters. The van der Waals surface area contributed by atoms with Gasteiger partial charge in [-0.05, 0) is 31.6 Å². The van der Waals surface area contributed by atoms with Gasteiger partial charge >= 0.3 is 0 Å². The molecular formula is C15H29NO2. The summed E-state index contributed by atoms with van der Waals surface area (Å²) in [4.78, 5) is 14.2. The van der Waals surface area contributed by atoms with Crippen LogP contribution < -0.4 is 0 Å². The lowest BCUT2D eigenvalue weighted by Gasteiger charge is -2.34. The molecule has 0 aliphatic carbocycles. The number of likely N-dealkylation sites (tertiary alicyclic amines) is 1. The Morgan fingerprint density at radius 3 is 2.17 bits per heavy atom. The highest BCUT2D eigenvalue weighted by Gasteiger charge is 2.31. The van der Waals surface area contributed by atoms with Crippen molar-refractivity contribution < 1.29 is 9.90 Å². The molecular weight excluding hydrogens is 226 g/mol. The Morgan fingerprint density at radius 1 is 1.22 bits per heavy atom. The summed E-state index contributed by atoms with van der Waals surface area (Å²) in [6.07, 6.45) is 5.84. The lowest BCUT2D eigenvalue weighted by Crippen LogP contribution is -2.42. The molecule has 0 spiro atoms. The summed E-state index contributed by atoms with van der Waals surface area (Å²) in [6.45, 7) is 8.11. The normalized spacial score (nSPS) is 18.1. The van der Waals surface area contributed by atoms with Crippen LogP contribution in [0.2, 0.25) is 0 Å². The van der Waals surface area contributed by atoms with Crippen molar-refractivity contribution in [1.29, 1.82) is 0 Å². The molecule has 1 amide bonds. The van der Waals surface area contributed by atoms with Crippen LogP contribution in [0.1, 0.15) is 65.7 Å². The van der Waals surface area contributed by atoms with Crippen LogP contribution in [-0.4, -0.2) is 34.6 Å². The third kappa shape index (κ3) is 4.60. The molecule has 3 nitrogen and oxygen atoms in total. The van der Waals surface area contributed by atoms with Crippen molar-refractivity contribution in [2.45, 2.75) is 71.3 Å². The molecule has 0 saturated carbocycles. The Kier molecular flexibility index (Phi) is 6.13. The monoisotopic (exact) mass is 255 g/mol. The minimum absolute atomic E-state index is 0.145. The van der Waals surface area contributed by atoms with E-state index in [-0.39, 0.29) is 5.91 Å². The van der Waals surface area contributed by atoms with Crippen molar-refractivity contribution >= 4 is 5.91 Å². The zero-order valence-corrected chi connectivity index (χ0v) is 12.2. The van der Waals surface area contributed by atoms with Crippen molar-refractivity contribution in [3.8, 4) is 0 Å². The standard InChI is InChI=1S/C15H29NO2/c1-4-8-15(18,9-5-2)12-14(17)16-10-6-13(3)7-11-16/h13,18H,4-12H2,1-3H3. The minimum atomic E-state index is -0.774. The fourth-order valence-corrected chi connectivity index (χ4v) is 2.88. The fourth-order valence-electron chi connectivity index (χ4n) is 2.88. The molecule has 1 fully saturated rings. The van der Waals surface area contributed by atoms with Crippen molar-refractivity contribution in [2.75, 3.05) is 13.1 Å². The Hall–Kier alpha value is -0.570. The number of carbonyl (C=O) groups excluding carboxylic acids is 1. The Labute approximate surface area is 112 Å². The average Bonchev–Trinajstić information content (AvgIpc) is 2.30. The van der Waals surface area contributed by atoms with Gasteiger partial charge in [0, 0.05) is 13.1 Å². The lowest BCUT2D eigenvalue weighted by atomic mass is 9.88. The molecule has 0 aromatic carbocycles. The van der Waals surface area contributed by atoms with Gasteiger partial charge in [-0.1, -0.05) is 33.6 Å². The maximum absolute atomic E-state index is 12.2. The third-order valence-corrected chi connectivity index (χ3v) is 4.05. The van der Waals surface area contributed by atoms with Gasteiger partial charge in [-0.3, -0.25) is 4.79 Å². The maximum atomic E-state index is 12.2. The van der Waals surface area contributed by atoms with Gasteiger partial charge < -0.3 is 10.0 Å². The molecule has 0 bridgehead atoms. The van der Waals surface area contributed by atoms with E-state index in [1.807, 2.05) is 4.90 Å². The molecule has 1 aliphatic rings. The SMILES string of the molecule is CCCC(O)(CCC)CC(=O)N1CCC(C)CC1. The van der Waals surface area contributed by atoms with Crippen LogP contribution in [0, 0.1) is 5.92 Å². The van der Waals surface area contributed by atoms with Crippen molar-refractivity contribution in [1.82, 2.24) is 4.90 Å². The summed E-state index contributed by atoms with van der Waals surface area (Å²) >= 11 is 0. The van der Waals surface area contributed by atoms with E-state index in [0.717, 1.165) is 57.5 Å². The Bertz CT molecular complexity index is 251. The largest absolute Gasteiger partial charge is 0.389 e. The molecule has 1 heterocycles. The lowest BCUT2D eigenvalue weighted by molar-refractivity contribution is -0.138. The van der Waals surface area contributed by atoms with E-state index in [4.69, 9.17) is 0 Å². The minimum Gasteiger partial charge on any atom is -0.389 e. The number of hydrogen-bond donors (Lipinski definition) is 1. The van der Waals surface area contributed by atoms with Crippen LogP contribution in [0.15, 0.2) is 0 Å². The number of hydrogen-bond acceptors (Lipinski definition) is 2. The van der Waals surface area contributed by atoms with Gasteiger partial charge in [-0.15, -0.1) is 0 Å². The smallest absolute Gasteiger partial charge is 0.225 e. The first-order valence-electron chi connectivity index (χ1n) is 7.51. The molecule has 106 valence electrons. The van der Waals surface area contributed by atoms with Crippen LogP contribution in [0.4, 0.5) is 0 Å². The highest BCUT2D eigenvalue weighted by atomic mass is 16.3. The zero-order valence-electron chi connectivity index (χ0n) is 12.2. The summed E-state index contributed by atoms with van der Waals surface area (Å²) in [7, 11) is 0. The highest BCUT2D eigenvalue weighted by molar-refractivity contribution is 5.77. The number of nitrogens with zero attached hydrogens (tertiary/aromatic N) is 1. The van der Waals surface area contributed by atoms with E-state index >= 15 is 0 Å². The topological polar surface area (TPSA) is 40.5 Å². The van der Waals surface area contributed by atoms with Gasteiger partial charge in [-0.2, -0.15) is 0 Å². The van der Waals surface area contributed by atoms with Gasteiger partial charge in [0.2, 0.25) is 5.91 Å². The van der Waals surface area contributed by atoms with E-state index in [0.29, 0.717) is 6.42 Å². The summed E-state index contributed by atoms with van der Waals surface area (Å²) in [6, 6.07) is 0. The van der Waals surface area contributed by atoms with Gasteiger partial charge in [0.1, 0.15) is 0 Å². The second-order valence-corrected chi connectivity index (χ2v) is 5.96. The molecule has 1 N–H and O–H groups in total. The molecule has 18 heavy (non-hydrogen) atoms. The van der Waals surface area contributed by atoms with Gasteiger partial charge in [-0.25, -0.2) is 0 Å². The maximum Gasteiger partial charge on any atom is 0.225 e. The first-order valence-corrected chi connectivity index (χ1v) is 7.51. The molecule has 3 heteroatoms. The Morgan fingerprint density at radius 2 is 1.72 bits per heavy atom. The average molecular weight is 255 g/mol. The van der Waals surface area contributed by atoms with Crippen LogP contribution in [0.3, 0.4) is 0 Å². The molecule has 0 aromatic heterocycles. The number of amides is 1. The van der Waals surface area contributed by atoms with Crippen LogP contribution in [0.25, 0.3) is 0 Å². The highest BCUT2D eigenvalue weighted by Crippen LogP contribution is 2.26. The van der Waals surface area contributed by atoms with Crippen LogP contribution in [0.5, 0.6) is 0 Å². The second kappa shape index (κ2) is 7.13. The zero-order chi connectivity index (χ0) is 13.6. The second-order valence-electron chi connectivity index (χ2n) is 5.96.